The number of hydrogen-bond acceptors (Lipinski definition) is 3. The zero-order valence-corrected chi connectivity index (χ0v) is 11.3. The predicted octanol–water partition coefficient (Wildman–Crippen LogP) is 2.05. The Morgan fingerprint density at radius 2 is 1.89 bits per heavy atom. The molecule has 3 aliphatic carbocycles. The van der Waals surface area contributed by atoms with Gasteiger partial charge in [0.05, 0.1) is 5.60 Å². The fourth-order valence-electron chi connectivity index (χ4n) is 4.34. The monoisotopic (exact) mass is 260 g/mol. The van der Waals surface area contributed by atoms with Gasteiger partial charge in [-0.3, -0.25) is 4.79 Å². The summed E-state index contributed by atoms with van der Waals surface area (Å²) in [6, 6.07) is 0. The van der Waals surface area contributed by atoms with Crippen LogP contribution in [0.15, 0.2) is 35.5 Å². The lowest BCUT2D eigenvalue weighted by atomic mass is 9.58. The Morgan fingerprint density at radius 3 is 2.58 bits per heavy atom. The smallest absolute Gasteiger partial charge is 0.161 e. The third kappa shape index (κ3) is 1.55. The van der Waals surface area contributed by atoms with Gasteiger partial charge in [0, 0.05) is 30.8 Å². The third-order valence-corrected chi connectivity index (χ3v) is 5.04. The number of carbonyl (C=O) groups excluding carboxylic acids is 1. The van der Waals surface area contributed by atoms with Crippen LogP contribution >= 0.6 is 0 Å². The van der Waals surface area contributed by atoms with Gasteiger partial charge in [-0.2, -0.15) is 0 Å². The molecule has 102 valence electrons. The highest BCUT2D eigenvalue weighted by Gasteiger charge is 2.59. The molecule has 0 spiro atoms. The summed E-state index contributed by atoms with van der Waals surface area (Å²) in [4.78, 5) is 12.0. The Hall–Kier alpha value is -1.19. The maximum atomic E-state index is 12.0. The van der Waals surface area contributed by atoms with E-state index in [4.69, 9.17) is 0 Å². The van der Waals surface area contributed by atoms with E-state index in [1.54, 1.807) is 6.92 Å². The highest BCUT2D eigenvalue weighted by molar-refractivity contribution is 6.00. The van der Waals surface area contributed by atoms with Crippen LogP contribution in [0.25, 0.3) is 0 Å². The number of Topliss-reactive ketones (excluding diaryl/α,β-unsaturated/α-hetero) is 1. The van der Waals surface area contributed by atoms with E-state index in [0.717, 1.165) is 24.0 Å². The van der Waals surface area contributed by atoms with Crippen LogP contribution < -0.4 is 0 Å². The predicted molar refractivity (Wildman–Crippen MR) is 72.5 cm³/mol. The second kappa shape index (κ2) is 3.68. The van der Waals surface area contributed by atoms with Crippen LogP contribution in [0.1, 0.15) is 39.0 Å². The minimum Gasteiger partial charge on any atom is -0.385 e. The van der Waals surface area contributed by atoms with Gasteiger partial charge in [0.25, 0.3) is 0 Å². The standard InChI is InChI=1S/C16H20O3/c1-9-4-5-12-10(2)7-15(18)8-13(17)11(3)14(15)16(12,19)6-9/h12,18-19H,1-2,4-8H2,3H3/t12-,15-,16-/m1/s1. The Labute approximate surface area is 113 Å². The van der Waals surface area contributed by atoms with Crippen LogP contribution in [0, 0.1) is 5.92 Å². The lowest BCUT2D eigenvalue weighted by Gasteiger charge is -2.51. The summed E-state index contributed by atoms with van der Waals surface area (Å²) in [7, 11) is 0. The van der Waals surface area contributed by atoms with Crippen molar-refractivity contribution in [1.29, 1.82) is 0 Å². The van der Waals surface area contributed by atoms with Gasteiger partial charge in [-0.15, -0.1) is 0 Å². The first-order valence-corrected chi connectivity index (χ1v) is 6.82. The van der Waals surface area contributed by atoms with Gasteiger partial charge < -0.3 is 10.2 Å². The van der Waals surface area contributed by atoms with Crippen LogP contribution in [0.4, 0.5) is 0 Å². The molecule has 0 bridgehead atoms. The molecule has 3 heteroatoms. The molecule has 0 aromatic carbocycles. The molecule has 0 saturated heterocycles. The van der Waals surface area contributed by atoms with Crippen molar-refractivity contribution in [2.45, 2.75) is 50.2 Å². The molecule has 3 rings (SSSR count). The van der Waals surface area contributed by atoms with Crippen molar-refractivity contribution >= 4 is 5.78 Å². The van der Waals surface area contributed by atoms with Crippen LogP contribution in [0.5, 0.6) is 0 Å². The number of aliphatic hydroxyl groups is 2. The highest BCUT2D eigenvalue weighted by Crippen LogP contribution is 2.57. The van der Waals surface area contributed by atoms with E-state index in [9.17, 15) is 15.0 Å². The molecule has 3 atom stereocenters. The maximum absolute atomic E-state index is 12.0. The second-order valence-corrected chi connectivity index (χ2v) is 6.41. The van der Waals surface area contributed by atoms with Gasteiger partial charge in [0.2, 0.25) is 0 Å². The average molecular weight is 260 g/mol. The zero-order chi connectivity index (χ0) is 14.0. The van der Waals surface area contributed by atoms with Gasteiger partial charge in [-0.05, 0) is 25.3 Å². The van der Waals surface area contributed by atoms with Gasteiger partial charge in [0.1, 0.15) is 5.60 Å². The minimum absolute atomic E-state index is 0.0597. The zero-order valence-electron chi connectivity index (χ0n) is 11.3. The maximum Gasteiger partial charge on any atom is 0.161 e. The summed E-state index contributed by atoms with van der Waals surface area (Å²) in [6.07, 6.45) is 2.58. The number of carbonyl (C=O) groups is 1. The molecule has 2 fully saturated rings. The quantitative estimate of drug-likeness (QED) is 0.655. The first-order valence-electron chi connectivity index (χ1n) is 6.82. The van der Waals surface area contributed by atoms with Crippen molar-refractivity contribution in [2.75, 3.05) is 0 Å². The molecule has 0 aliphatic heterocycles. The van der Waals surface area contributed by atoms with Crippen LogP contribution in [-0.2, 0) is 4.79 Å². The highest BCUT2D eigenvalue weighted by atomic mass is 16.3. The van der Waals surface area contributed by atoms with Crippen molar-refractivity contribution < 1.29 is 15.0 Å². The van der Waals surface area contributed by atoms with Gasteiger partial charge in [-0.1, -0.05) is 24.3 Å². The average Bonchev–Trinajstić information content (AvgIpc) is 2.48. The van der Waals surface area contributed by atoms with Crippen LogP contribution in [-0.4, -0.2) is 27.2 Å². The van der Waals surface area contributed by atoms with E-state index in [1.807, 2.05) is 0 Å². The molecule has 0 aromatic rings. The Morgan fingerprint density at radius 1 is 1.21 bits per heavy atom. The van der Waals surface area contributed by atoms with E-state index >= 15 is 0 Å². The van der Waals surface area contributed by atoms with E-state index in [-0.39, 0.29) is 18.1 Å². The van der Waals surface area contributed by atoms with Crippen molar-refractivity contribution in [1.82, 2.24) is 0 Å². The molecule has 2 N–H and O–H groups in total. The SMILES string of the molecule is C=C1CC[C@@H]2C(=C)C[C@@]3(O)CC(=O)C(C)=C3[C@@]2(O)C1. The molecule has 0 heterocycles. The van der Waals surface area contributed by atoms with Gasteiger partial charge in [-0.25, -0.2) is 0 Å². The minimum atomic E-state index is -1.22. The lowest BCUT2D eigenvalue weighted by Crippen LogP contribution is -2.55. The van der Waals surface area contributed by atoms with Crippen LogP contribution in [0.3, 0.4) is 0 Å². The van der Waals surface area contributed by atoms with Crippen molar-refractivity contribution in [3.8, 4) is 0 Å². The van der Waals surface area contributed by atoms with E-state index in [0.29, 0.717) is 24.0 Å². The Kier molecular flexibility index (Phi) is 2.48. The summed E-state index contributed by atoms with van der Waals surface area (Å²) in [5.74, 6) is -0.121. The first-order chi connectivity index (χ1) is 8.78. The molecule has 3 nitrogen and oxygen atoms in total. The Bertz CT molecular complexity index is 542. The number of rotatable bonds is 0. The largest absolute Gasteiger partial charge is 0.385 e. The fraction of sp³-hybridized carbons (Fsp3) is 0.562. The van der Waals surface area contributed by atoms with Gasteiger partial charge >= 0.3 is 0 Å². The van der Waals surface area contributed by atoms with Crippen molar-refractivity contribution in [3.63, 3.8) is 0 Å². The number of fused-ring (bicyclic) bond motifs is 3. The van der Waals surface area contributed by atoms with Crippen LogP contribution in [0.2, 0.25) is 0 Å². The molecular weight excluding hydrogens is 240 g/mol. The number of ketones is 1. The van der Waals surface area contributed by atoms with E-state index < -0.39 is 11.2 Å². The topological polar surface area (TPSA) is 57.5 Å². The fourth-order valence-corrected chi connectivity index (χ4v) is 4.34. The summed E-state index contributed by atoms with van der Waals surface area (Å²) in [5.41, 5.74) is 0.552. The second-order valence-electron chi connectivity index (χ2n) is 6.41. The summed E-state index contributed by atoms with van der Waals surface area (Å²) in [6.45, 7) is 9.74. The third-order valence-electron chi connectivity index (χ3n) is 5.04. The summed E-state index contributed by atoms with van der Waals surface area (Å²) in [5, 5.41) is 21.9. The number of allylic oxidation sites excluding steroid dienone is 1. The van der Waals surface area contributed by atoms with Gasteiger partial charge in [0.15, 0.2) is 5.78 Å². The molecule has 19 heavy (non-hydrogen) atoms. The molecule has 0 aromatic heterocycles. The molecule has 0 amide bonds. The number of hydrogen-bond donors (Lipinski definition) is 2. The molecule has 3 aliphatic rings. The normalized spacial score (nSPS) is 42.5. The van der Waals surface area contributed by atoms with Crippen molar-refractivity contribution in [2.24, 2.45) is 5.92 Å². The Balaban J connectivity index is 2.19. The molecule has 0 radical (unpaired) electrons. The molecule has 0 unspecified atom stereocenters. The van der Waals surface area contributed by atoms with E-state index in [1.165, 1.54) is 0 Å². The van der Waals surface area contributed by atoms with E-state index in [2.05, 4.69) is 13.2 Å². The van der Waals surface area contributed by atoms with Crippen molar-refractivity contribution in [3.05, 3.63) is 35.5 Å². The molecular formula is C16H20O3. The molecule has 2 saturated carbocycles. The summed E-state index contributed by atoms with van der Waals surface area (Å²) < 4.78 is 0. The lowest BCUT2D eigenvalue weighted by molar-refractivity contribution is -0.118. The summed E-state index contributed by atoms with van der Waals surface area (Å²) >= 11 is 0. The first kappa shape index (κ1) is 12.8.